The van der Waals surface area contributed by atoms with E-state index < -0.39 is 11.7 Å². The van der Waals surface area contributed by atoms with Gasteiger partial charge in [0.15, 0.2) is 0 Å². The quantitative estimate of drug-likeness (QED) is 0.513. The molecule has 23 heavy (non-hydrogen) atoms. The van der Waals surface area contributed by atoms with Crippen LogP contribution in [0.25, 0.3) is 11.3 Å². The number of halogens is 4. The molecule has 1 nitrogen and oxygen atoms in total. The lowest BCUT2D eigenvalue weighted by molar-refractivity contribution is -0.137. The van der Waals surface area contributed by atoms with Gasteiger partial charge in [0.1, 0.15) is 0 Å². The van der Waals surface area contributed by atoms with E-state index in [4.69, 9.17) is 0 Å². The second kappa shape index (κ2) is 6.45. The number of benzene rings is 2. The summed E-state index contributed by atoms with van der Waals surface area (Å²) in [6.07, 6.45) is -3.93. The Balaban J connectivity index is 1.82. The summed E-state index contributed by atoms with van der Waals surface area (Å²) in [6.45, 7) is 0. The summed E-state index contributed by atoms with van der Waals surface area (Å²) in [5, 5.41) is 2.71. The topological polar surface area (TPSA) is 12.9 Å². The molecule has 0 atom stereocenters. The van der Waals surface area contributed by atoms with Crippen LogP contribution in [0.15, 0.2) is 58.4 Å². The van der Waals surface area contributed by atoms with Crippen molar-refractivity contribution >= 4 is 27.3 Å². The number of hydrogen-bond donors (Lipinski definition) is 0. The van der Waals surface area contributed by atoms with Crippen LogP contribution >= 0.6 is 27.3 Å². The van der Waals surface area contributed by atoms with Gasteiger partial charge in [-0.15, -0.1) is 11.3 Å². The van der Waals surface area contributed by atoms with Gasteiger partial charge in [0.05, 0.1) is 16.3 Å². The van der Waals surface area contributed by atoms with Gasteiger partial charge in [0.25, 0.3) is 0 Å². The van der Waals surface area contributed by atoms with E-state index in [1.807, 2.05) is 29.6 Å². The molecule has 0 amide bonds. The highest BCUT2D eigenvalue weighted by Crippen LogP contribution is 2.31. The number of aromatic nitrogens is 1. The highest BCUT2D eigenvalue weighted by molar-refractivity contribution is 9.10. The van der Waals surface area contributed by atoms with Crippen LogP contribution in [0.4, 0.5) is 13.2 Å². The summed E-state index contributed by atoms with van der Waals surface area (Å²) in [5.41, 5.74) is 1.79. The molecule has 2 aromatic carbocycles. The third kappa shape index (κ3) is 4.00. The molecule has 1 aromatic heterocycles. The maximum Gasteiger partial charge on any atom is 0.416 e. The summed E-state index contributed by atoms with van der Waals surface area (Å²) >= 11 is 4.87. The number of hydrogen-bond acceptors (Lipinski definition) is 2. The molecule has 0 aliphatic rings. The predicted octanol–water partition coefficient (Wildman–Crippen LogP) is 6.18. The summed E-state index contributed by atoms with van der Waals surface area (Å²) in [4.78, 5) is 4.53. The van der Waals surface area contributed by atoms with Crippen molar-refractivity contribution < 1.29 is 13.2 Å². The third-order valence-electron chi connectivity index (χ3n) is 3.28. The minimum Gasteiger partial charge on any atom is -0.241 e. The standard InChI is InChI=1S/C17H11BrF3NS/c18-14-6-2-4-12(9-14)15-10-23-16(22-15)8-11-3-1-5-13(7-11)17(19,20)21/h1-7,9-10H,8H2. The van der Waals surface area contributed by atoms with Crippen molar-refractivity contribution in [1.82, 2.24) is 4.98 Å². The highest BCUT2D eigenvalue weighted by atomic mass is 79.9. The molecule has 0 bridgehead atoms. The van der Waals surface area contributed by atoms with Crippen molar-refractivity contribution in [2.45, 2.75) is 12.6 Å². The molecule has 0 unspecified atom stereocenters. The van der Waals surface area contributed by atoms with Crippen LogP contribution in [-0.2, 0) is 12.6 Å². The van der Waals surface area contributed by atoms with E-state index in [2.05, 4.69) is 20.9 Å². The summed E-state index contributed by atoms with van der Waals surface area (Å²) in [6, 6.07) is 13.1. The molecule has 118 valence electrons. The van der Waals surface area contributed by atoms with Crippen molar-refractivity contribution in [2.75, 3.05) is 0 Å². The average Bonchev–Trinajstić information content (AvgIpc) is 2.95. The molecular formula is C17H11BrF3NS. The van der Waals surface area contributed by atoms with Crippen LogP contribution in [0.1, 0.15) is 16.1 Å². The lowest BCUT2D eigenvalue weighted by Crippen LogP contribution is -2.05. The number of thiazole rings is 1. The van der Waals surface area contributed by atoms with Crippen LogP contribution in [0.2, 0.25) is 0 Å². The van der Waals surface area contributed by atoms with Crippen LogP contribution in [0.5, 0.6) is 0 Å². The fraction of sp³-hybridized carbons (Fsp3) is 0.118. The number of rotatable bonds is 3. The molecule has 0 N–H and O–H groups in total. The van der Waals surface area contributed by atoms with E-state index in [-0.39, 0.29) is 0 Å². The number of nitrogens with zero attached hydrogens (tertiary/aromatic N) is 1. The minimum atomic E-state index is -4.32. The van der Waals surface area contributed by atoms with Crippen molar-refractivity contribution in [1.29, 1.82) is 0 Å². The zero-order valence-corrected chi connectivity index (χ0v) is 14.2. The first-order valence-corrected chi connectivity index (χ1v) is 8.45. The molecule has 0 aliphatic heterocycles. The van der Waals surface area contributed by atoms with E-state index in [1.54, 1.807) is 6.07 Å². The van der Waals surface area contributed by atoms with Gasteiger partial charge < -0.3 is 0 Å². The van der Waals surface area contributed by atoms with Gasteiger partial charge in [-0.25, -0.2) is 4.98 Å². The molecule has 3 aromatic rings. The summed E-state index contributed by atoms with van der Waals surface area (Å²) in [7, 11) is 0. The Hall–Kier alpha value is -1.66. The van der Waals surface area contributed by atoms with Gasteiger partial charge in [-0.05, 0) is 23.8 Å². The maximum absolute atomic E-state index is 12.8. The van der Waals surface area contributed by atoms with E-state index in [0.717, 1.165) is 26.8 Å². The molecule has 0 saturated carbocycles. The fourth-order valence-electron chi connectivity index (χ4n) is 2.20. The van der Waals surface area contributed by atoms with Gasteiger partial charge >= 0.3 is 6.18 Å². The van der Waals surface area contributed by atoms with Gasteiger partial charge in [-0.3, -0.25) is 0 Å². The molecular weight excluding hydrogens is 387 g/mol. The summed E-state index contributed by atoms with van der Waals surface area (Å²) in [5.74, 6) is 0. The smallest absolute Gasteiger partial charge is 0.241 e. The van der Waals surface area contributed by atoms with Gasteiger partial charge in [0, 0.05) is 21.8 Å². The van der Waals surface area contributed by atoms with Crippen molar-refractivity contribution in [3.8, 4) is 11.3 Å². The zero-order chi connectivity index (χ0) is 16.4. The van der Waals surface area contributed by atoms with E-state index in [0.29, 0.717) is 12.0 Å². The summed E-state index contributed by atoms with van der Waals surface area (Å²) < 4.78 is 39.2. The van der Waals surface area contributed by atoms with E-state index >= 15 is 0 Å². The molecule has 0 radical (unpaired) electrons. The Bertz CT molecular complexity index is 826. The SMILES string of the molecule is FC(F)(F)c1cccc(Cc2nc(-c3cccc(Br)c3)cs2)c1. The Kier molecular flexibility index (Phi) is 4.55. The molecule has 6 heteroatoms. The Morgan fingerprint density at radius 3 is 2.57 bits per heavy atom. The zero-order valence-electron chi connectivity index (χ0n) is 11.8. The van der Waals surface area contributed by atoms with Gasteiger partial charge in [0.2, 0.25) is 0 Å². The average molecular weight is 398 g/mol. The van der Waals surface area contributed by atoms with Crippen LogP contribution in [0.3, 0.4) is 0 Å². The first-order valence-electron chi connectivity index (χ1n) is 6.78. The van der Waals surface area contributed by atoms with E-state index in [9.17, 15) is 13.2 Å². The largest absolute Gasteiger partial charge is 0.416 e. The maximum atomic E-state index is 12.8. The molecule has 1 heterocycles. The van der Waals surface area contributed by atoms with Crippen molar-refractivity contribution in [3.05, 3.63) is 74.5 Å². The first-order chi connectivity index (χ1) is 10.9. The Morgan fingerprint density at radius 1 is 1.04 bits per heavy atom. The molecule has 3 rings (SSSR count). The lowest BCUT2D eigenvalue weighted by Gasteiger charge is -2.07. The van der Waals surface area contributed by atoms with Gasteiger partial charge in [-0.2, -0.15) is 13.2 Å². The Morgan fingerprint density at radius 2 is 1.83 bits per heavy atom. The van der Waals surface area contributed by atoms with Crippen LogP contribution in [-0.4, -0.2) is 4.98 Å². The molecule has 0 spiro atoms. The van der Waals surface area contributed by atoms with Crippen LogP contribution < -0.4 is 0 Å². The van der Waals surface area contributed by atoms with Crippen molar-refractivity contribution in [3.63, 3.8) is 0 Å². The normalized spacial score (nSPS) is 11.7. The second-order valence-corrected chi connectivity index (χ2v) is 6.87. The van der Waals surface area contributed by atoms with Crippen molar-refractivity contribution in [2.24, 2.45) is 0 Å². The second-order valence-electron chi connectivity index (χ2n) is 5.01. The molecule has 0 saturated heterocycles. The van der Waals surface area contributed by atoms with Crippen LogP contribution in [0, 0.1) is 0 Å². The van der Waals surface area contributed by atoms with E-state index in [1.165, 1.54) is 23.5 Å². The van der Waals surface area contributed by atoms with Gasteiger partial charge in [-0.1, -0.05) is 46.3 Å². The predicted molar refractivity (Wildman–Crippen MR) is 89.5 cm³/mol. The Labute approximate surface area is 143 Å². The third-order valence-corrected chi connectivity index (χ3v) is 4.62. The lowest BCUT2D eigenvalue weighted by atomic mass is 10.1. The molecule has 0 aliphatic carbocycles. The first kappa shape index (κ1) is 16.2. The number of alkyl halides is 3. The minimum absolute atomic E-state index is 0.391. The molecule has 0 fully saturated rings. The highest BCUT2D eigenvalue weighted by Gasteiger charge is 2.30. The fourth-order valence-corrected chi connectivity index (χ4v) is 3.44. The monoisotopic (exact) mass is 397 g/mol.